The van der Waals surface area contributed by atoms with Gasteiger partial charge in [-0.2, -0.15) is 0 Å². The molecule has 1 aromatic rings. The summed E-state index contributed by atoms with van der Waals surface area (Å²) in [4.78, 5) is 26.0. The van der Waals surface area contributed by atoms with Gasteiger partial charge in [0.05, 0.1) is 0 Å². The molecule has 1 N–H and O–H groups in total. The van der Waals surface area contributed by atoms with Crippen molar-refractivity contribution >= 4 is 11.8 Å². The van der Waals surface area contributed by atoms with Crippen LogP contribution < -0.4 is 5.32 Å². The maximum Gasteiger partial charge on any atom is 0.251 e. The minimum atomic E-state index is -0.0459. The van der Waals surface area contributed by atoms with E-state index in [1.165, 1.54) is 5.56 Å². The average molecular weight is 286 g/mol. The van der Waals surface area contributed by atoms with E-state index >= 15 is 0 Å². The molecule has 1 unspecified atom stereocenters. The lowest BCUT2D eigenvalue weighted by molar-refractivity contribution is -0.128. The first-order valence-electron chi connectivity index (χ1n) is 7.69. The molecular weight excluding hydrogens is 264 g/mol. The number of likely N-dealkylation sites (tertiary alicyclic amines) is 1. The number of hydrogen-bond acceptors (Lipinski definition) is 2. The van der Waals surface area contributed by atoms with E-state index in [1.54, 1.807) is 0 Å². The Morgan fingerprint density at radius 3 is 2.71 bits per heavy atom. The molecule has 1 atom stereocenters. The normalized spacial score (nSPS) is 21.7. The van der Waals surface area contributed by atoms with E-state index in [9.17, 15) is 9.59 Å². The van der Waals surface area contributed by atoms with Gasteiger partial charge in [0.1, 0.15) is 0 Å². The Balaban J connectivity index is 1.54. The van der Waals surface area contributed by atoms with E-state index in [0.717, 1.165) is 24.9 Å². The number of benzene rings is 1. The van der Waals surface area contributed by atoms with E-state index in [0.29, 0.717) is 24.6 Å². The molecule has 1 aliphatic carbocycles. The molecule has 21 heavy (non-hydrogen) atoms. The van der Waals surface area contributed by atoms with Crippen LogP contribution in [0.2, 0.25) is 0 Å². The van der Waals surface area contributed by atoms with Gasteiger partial charge < -0.3 is 10.2 Å². The van der Waals surface area contributed by atoms with Crippen LogP contribution in [0.25, 0.3) is 0 Å². The number of nitrogens with zero attached hydrogens (tertiary/aromatic N) is 1. The molecule has 4 heteroatoms. The van der Waals surface area contributed by atoms with Crippen LogP contribution in [0.4, 0.5) is 0 Å². The SMILES string of the molecule is Cc1ccc(C(=O)NCC2CC(=O)N(C3CC3)C2)cc1C. The molecule has 0 aromatic heterocycles. The summed E-state index contributed by atoms with van der Waals surface area (Å²) in [6.45, 7) is 5.43. The van der Waals surface area contributed by atoms with Crippen LogP contribution in [0.5, 0.6) is 0 Å². The molecule has 4 nitrogen and oxygen atoms in total. The predicted octanol–water partition coefficient (Wildman–Crippen LogP) is 2.04. The highest BCUT2D eigenvalue weighted by atomic mass is 16.2. The molecule has 3 rings (SSSR count). The zero-order chi connectivity index (χ0) is 15.0. The topological polar surface area (TPSA) is 49.4 Å². The monoisotopic (exact) mass is 286 g/mol. The van der Waals surface area contributed by atoms with Crippen molar-refractivity contribution in [3.63, 3.8) is 0 Å². The van der Waals surface area contributed by atoms with Gasteiger partial charge in [0.25, 0.3) is 5.91 Å². The fraction of sp³-hybridized carbons (Fsp3) is 0.529. The van der Waals surface area contributed by atoms with Gasteiger partial charge in [-0.05, 0) is 49.9 Å². The van der Waals surface area contributed by atoms with Crippen molar-refractivity contribution in [2.24, 2.45) is 5.92 Å². The van der Waals surface area contributed by atoms with Crippen LogP contribution >= 0.6 is 0 Å². The average Bonchev–Trinajstić information content (AvgIpc) is 3.23. The molecule has 1 aromatic carbocycles. The van der Waals surface area contributed by atoms with Gasteiger partial charge in [0, 0.05) is 37.0 Å². The second kappa shape index (κ2) is 5.51. The Bertz CT molecular complexity index is 578. The maximum atomic E-state index is 12.2. The van der Waals surface area contributed by atoms with Gasteiger partial charge in [-0.1, -0.05) is 6.07 Å². The van der Waals surface area contributed by atoms with Crippen molar-refractivity contribution in [3.8, 4) is 0 Å². The minimum Gasteiger partial charge on any atom is -0.352 e. The lowest BCUT2D eigenvalue weighted by Crippen LogP contribution is -2.32. The molecule has 1 saturated heterocycles. The first-order chi connectivity index (χ1) is 10.0. The van der Waals surface area contributed by atoms with Gasteiger partial charge in [0.2, 0.25) is 5.91 Å². The van der Waals surface area contributed by atoms with Gasteiger partial charge in [-0.15, -0.1) is 0 Å². The number of nitrogens with one attached hydrogen (secondary N) is 1. The fourth-order valence-electron chi connectivity index (χ4n) is 2.91. The fourth-order valence-corrected chi connectivity index (χ4v) is 2.91. The van der Waals surface area contributed by atoms with Crippen LogP contribution in [0.1, 0.15) is 40.7 Å². The first kappa shape index (κ1) is 14.1. The van der Waals surface area contributed by atoms with Gasteiger partial charge in [-0.25, -0.2) is 0 Å². The Kier molecular flexibility index (Phi) is 3.70. The first-order valence-corrected chi connectivity index (χ1v) is 7.69. The van der Waals surface area contributed by atoms with E-state index in [1.807, 2.05) is 36.9 Å². The van der Waals surface area contributed by atoms with Gasteiger partial charge in [0.15, 0.2) is 0 Å². The van der Waals surface area contributed by atoms with E-state index in [-0.39, 0.29) is 17.7 Å². The lowest BCUT2D eigenvalue weighted by Gasteiger charge is -2.15. The summed E-state index contributed by atoms with van der Waals surface area (Å²) < 4.78 is 0. The highest BCUT2D eigenvalue weighted by molar-refractivity contribution is 5.94. The molecular formula is C17H22N2O2. The number of carbonyl (C=O) groups is 2. The summed E-state index contributed by atoms with van der Waals surface area (Å²) in [6.07, 6.45) is 2.87. The number of aryl methyl sites for hydroxylation is 2. The Morgan fingerprint density at radius 1 is 1.29 bits per heavy atom. The van der Waals surface area contributed by atoms with Crippen LogP contribution in [-0.4, -0.2) is 35.8 Å². The van der Waals surface area contributed by atoms with Crippen molar-refractivity contribution in [3.05, 3.63) is 34.9 Å². The molecule has 1 saturated carbocycles. The third-order valence-corrected chi connectivity index (χ3v) is 4.55. The maximum absolute atomic E-state index is 12.2. The Labute approximate surface area is 125 Å². The van der Waals surface area contributed by atoms with Crippen LogP contribution in [0, 0.1) is 19.8 Å². The zero-order valence-electron chi connectivity index (χ0n) is 12.7. The quantitative estimate of drug-likeness (QED) is 0.921. The predicted molar refractivity (Wildman–Crippen MR) is 81.1 cm³/mol. The molecule has 0 radical (unpaired) electrons. The van der Waals surface area contributed by atoms with Gasteiger partial charge >= 0.3 is 0 Å². The van der Waals surface area contributed by atoms with Crippen LogP contribution in [0.3, 0.4) is 0 Å². The van der Waals surface area contributed by atoms with Crippen molar-refractivity contribution in [2.75, 3.05) is 13.1 Å². The lowest BCUT2D eigenvalue weighted by atomic mass is 10.1. The molecule has 1 heterocycles. The molecule has 0 spiro atoms. The third-order valence-electron chi connectivity index (χ3n) is 4.55. The second-order valence-electron chi connectivity index (χ2n) is 6.36. The number of amides is 2. The highest BCUT2D eigenvalue weighted by Crippen LogP contribution is 2.32. The number of carbonyl (C=O) groups excluding carboxylic acids is 2. The van der Waals surface area contributed by atoms with E-state index < -0.39 is 0 Å². The summed E-state index contributed by atoms with van der Waals surface area (Å²) >= 11 is 0. The molecule has 1 aliphatic heterocycles. The molecule has 2 amide bonds. The summed E-state index contributed by atoms with van der Waals surface area (Å²) in [5.74, 6) is 0.465. The highest BCUT2D eigenvalue weighted by Gasteiger charge is 2.39. The molecule has 0 bridgehead atoms. The van der Waals surface area contributed by atoms with E-state index in [4.69, 9.17) is 0 Å². The number of hydrogen-bond donors (Lipinski definition) is 1. The van der Waals surface area contributed by atoms with Gasteiger partial charge in [-0.3, -0.25) is 9.59 Å². The smallest absolute Gasteiger partial charge is 0.251 e. The Morgan fingerprint density at radius 2 is 2.05 bits per heavy atom. The summed E-state index contributed by atoms with van der Waals surface area (Å²) in [5.41, 5.74) is 3.01. The standard InChI is InChI=1S/C17H22N2O2/c1-11-3-4-14(7-12(11)2)17(21)18-9-13-8-16(20)19(10-13)15-5-6-15/h3-4,7,13,15H,5-6,8-10H2,1-2H3,(H,18,21). The summed E-state index contributed by atoms with van der Waals surface area (Å²) in [7, 11) is 0. The number of rotatable bonds is 4. The molecule has 2 aliphatic rings. The second-order valence-corrected chi connectivity index (χ2v) is 6.36. The zero-order valence-corrected chi connectivity index (χ0v) is 12.7. The third kappa shape index (κ3) is 3.09. The minimum absolute atomic E-state index is 0.0459. The summed E-state index contributed by atoms with van der Waals surface area (Å²) in [5, 5.41) is 2.97. The van der Waals surface area contributed by atoms with Crippen LogP contribution in [-0.2, 0) is 4.79 Å². The summed E-state index contributed by atoms with van der Waals surface area (Å²) in [6, 6.07) is 6.23. The molecule has 2 fully saturated rings. The Hall–Kier alpha value is -1.84. The van der Waals surface area contributed by atoms with Crippen molar-refractivity contribution in [1.29, 1.82) is 0 Å². The van der Waals surface area contributed by atoms with Crippen molar-refractivity contribution < 1.29 is 9.59 Å². The van der Waals surface area contributed by atoms with E-state index in [2.05, 4.69) is 5.32 Å². The largest absolute Gasteiger partial charge is 0.352 e. The van der Waals surface area contributed by atoms with Crippen molar-refractivity contribution in [2.45, 2.75) is 39.2 Å². The van der Waals surface area contributed by atoms with Crippen molar-refractivity contribution in [1.82, 2.24) is 10.2 Å². The van der Waals surface area contributed by atoms with Crippen LogP contribution in [0.15, 0.2) is 18.2 Å². The molecule has 112 valence electrons.